The van der Waals surface area contributed by atoms with Crippen molar-refractivity contribution in [2.24, 2.45) is 0 Å². The van der Waals surface area contributed by atoms with Crippen molar-refractivity contribution in [1.29, 1.82) is 0 Å². The van der Waals surface area contributed by atoms with Crippen LogP contribution in [0.15, 0.2) is 42.0 Å². The maximum absolute atomic E-state index is 13.7. The topological polar surface area (TPSA) is 161 Å². The molecule has 0 saturated carbocycles. The Hall–Kier alpha value is -3.69. The van der Waals surface area contributed by atoms with Crippen LogP contribution in [0.3, 0.4) is 0 Å². The van der Waals surface area contributed by atoms with Crippen LogP contribution < -0.4 is 24.3 Å². The van der Waals surface area contributed by atoms with Gasteiger partial charge in [-0.1, -0.05) is 6.07 Å². The highest BCUT2D eigenvalue weighted by Crippen LogP contribution is 2.38. The summed E-state index contributed by atoms with van der Waals surface area (Å²) in [5.74, 6) is 0.785. The van der Waals surface area contributed by atoms with Crippen LogP contribution in [0.4, 0.5) is 0 Å². The predicted molar refractivity (Wildman–Crippen MR) is 166 cm³/mol. The number of benzene rings is 2. The van der Waals surface area contributed by atoms with Crippen LogP contribution in [0.25, 0.3) is 0 Å². The third-order valence-electron chi connectivity index (χ3n) is 7.29. The molecule has 4 rings (SSSR count). The van der Waals surface area contributed by atoms with Crippen molar-refractivity contribution in [3.63, 3.8) is 0 Å². The first-order chi connectivity index (χ1) is 21.1. The van der Waals surface area contributed by atoms with Crippen LogP contribution in [-0.4, -0.2) is 84.3 Å². The number of aliphatic hydroxyl groups excluding tert-OH is 2. The molecule has 1 aliphatic carbocycles. The number of carbonyl (C=O) groups is 4. The Morgan fingerprint density at radius 1 is 1.16 bits per heavy atom. The number of hydrogen-bond donors (Lipinski definition) is 3. The van der Waals surface area contributed by atoms with Gasteiger partial charge in [0.2, 0.25) is 18.6 Å². The number of amides is 2. The monoisotopic (exact) mass is 722 g/mol. The molecule has 3 N–H and O–H groups in total. The molecule has 2 aromatic rings. The van der Waals surface area contributed by atoms with Gasteiger partial charge < -0.3 is 44.2 Å². The molecule has 2 aromatic carbocycles. The zero-order chi connectivity index (χ0) is 31.8. The first kappa shape index (κ1) is 33.2. The van der Waals surface area contributed by atoms with Gasteiger partial charge in [0.25, 0.3) is 0 Å². The van der Waals surface area contributed by atoms with Gasteiger partial charge in [-0.25, -0.2) is 0 Å². The minimum absolute atomic E-state index is 0.000401. The number of fused-ring (bicyclic) bond motifs is 1. The van der Waals surface area contributed by atoms with E-state index in [2.05, 4.69) is 5.32 Å². The first-order valence-electron chi connectivity index (χ1n) is 14.1. The Kier molecular flexibility index (Phi) is 11.6. The molecule has 13 heteroatoms. The highest BCUT2D eigenvalue weighted by molar-refractivity contribution is 14.1. The van der Waals surface area contributed by atoms with Gasteiger partial charge in [0.15, 0.2) is 23.0 Å². The first-order valence-corrected chi connectivity index (χ1v) is 15.2. The number of ketones is 1. The van der Waals surface area contributed by atoms with E-state index in [4.69, 9.17) is 18.9 Å². The summed E-state index contributed by atoms with van der Waals surface area (Å²) in [6.45, 7) is 1.36. The van der Waals surface area contributed by atoms with Gasteiger partial charge in [0.1, 0.15) is 24.3 Å². The van der Waals surface area contributed by atoms with E-state index in [-0.39, 0.29) is 74.5 Å². The van der Waals surface area contributed by atoms with Crippen LogP contribution in [0.2, 0.25) is 0 Å². The molecule has 0 radical (unpaired) electrons. The fourth-order valence-electron chi connectivity index (χ4n) is 5.10. The number of hydrogen-bond acceptors (Lipinski definition) is 10. The Labute approximate surface area is 268 Å². The lowest BCUT2D eigenvalue weighted by Crippen LogP contribution is -2.54. The SMILES string of the molecule is COc1cc(C=O)cc(I)c1OC1C=C(C(=O)NCCO)CC(N(Cc2ccc3c(c2)OCO3)C(=O)CCCC(C)=O)C1O. The van der Waals surface area contributed by atoms with Crippen molar-refractivity contribution in [2.45, 2.75) is 57.4 Å². The standard InChI is InChI=1S/C31H35IN2O10/c1-18(37)4-3-5-28(38)34(15-19-6-7-24-25(11-19)43-17-42-24)23-13-21(31(40)33-8-9-35)14-26(29(23)39)44-30-22(32)10-20(16-36)12-27(30)41-2/h6-7,10-12,14,16,23,26,29,35,39H,3-5,8-9,13,15,17H2,1-2H3,(H,33,40). The lowest BCUT2D eigenvalue weighted by Gasteiger charge is -2.41. The largest absolute Gasteiger partial charge is 0.493 e. The third kappa shape index (κ3) is 8.07. The summed E-state index contributed by atoms with van der Waals surface area (Å²) in [5, 5.41) is 23.7. The van der Waals surface area contributed by atoms with Gasteiger partial charge in [-0.3, -0.25) is 14.4 Å². The molecular weight excluding hydrogens is 687 g/mol. The van der Waals surface area contributed by atoms with Crippen molar-refractivity contribution in [1.82, 2.24) is 10.2 Å². The molecule has 2 aliphatic rings. The van der Waals surface area contributed by atoms with E-state index < -0.39 is 24.2 Å². The minimum Gasteiger partial charge on any atom is -0.493 e. The number of aliphatic hydroxyl groups is 2. The molecule has 12 nitrogen and oxygen atoms in total. The normalized spacial score (nSPS) is 18.7. The molecule has 0 fully saturated rings. The van der Waals surface area contributed by atoms with Gasteiger partial charge in [0, 0.05) is 43.5 Å². The van der Waals surface area contributed by atoms with Crippen LogP contribution >= 0.6 is 22.6 Å². The van der Waals surface area contributed by atoms with E-state index in [9.17, 15) is 29.4 Å². The van der Waals surface area contributed by atoms with E-state index in [1.165, 1.54) is 31.1 Å². The van der Waals surface area contributed by atoms with E-state index in [1.54, 1.807) is 24.3 Å². The summed E-state index contributed by atoms with van der Waals surface area (Å²) in [6.07, 6.45) is 0.385. The number of nitrogens with one attached hydrogen (secondary N) is 1. The van der Waals surface area contributed by atoms with E-state index in [0.717, 1.165) is 0 Å². The molecule has 0 saturated heterocycles. The summed E-state index contributed by atoms with van der Waals surface area (Å²) in [4.78, 5) is 51.4. The van der Waals surface area contributed by atoms with Gasteiger partial charge >= 0.3 is 0 Å². The Balaban J connectivity index is 1.71. The zero-order valence-electron chi connectivity index (χ0n) is 24.4. The van der Waals surface area contributed by atoms with E-state index in [0.29, 0.717) is 38.9 Å². The quantitative estimate of drug-likeness (QED) is 0.195. The molecule has 1 heterocycles. The molecule has 236 valence electrons. The summed E-state index contributed by atoms with van der Waals surface area (Å²) < 4.78 is 23.2. The van der Waals surface area contributed by atoms with Crippen LogP contribution in [0.1, 0.15) is 48.5 Å². The van der Waals surface area contributed by atoms with Gasteiger partial charge in [-0.15, -0.1) is 0 Å². The van der Waals surface area contributed by atoms with Crippen LogP contribution in [0.5, 0.6) is 23.0 Å². The highest BCUT2D eigenvalue weighted by atomic mass is 127. The second-order valence-electron chi connectivity index (χ2n) is 10.4. The number of aldehydes is 1. The zero-order valence-corrected chi connectivity index (χ0v) is 26.6. The lowest BCUT2D eigenvalue weighted by atomic mass is 9.87. The maximum atomic E-state index is 13.7. The number of carbonyl (C=O) groups excluding carboxylic acids is 4. The Bertz CT molecular complexity index is 1430. The summed E-state index contributed by atoms with van der Waals surface area (Å²) >= 11 is 1.99. The second-order valence-corrected chi connectivity index (χ2v) is 11.6. The molecule has 1 aliphatic heterocycles. The predicted octanol–water partition coefficient (Wildman–Crippen LogP) is 2.54. The summed E-state index contributed by atoms with van der Waals surface area (Å²) in [5.41, 5.74) is 1.33. The lowest BCUT2D eigenvalue weighted by molar-refractivity contribution is -0.139. The second kappa shape index (κ2) is 15.3. The molecule has 3 unspecified atom stereocenters. The van der Waals surface area contributed by atoms with Gasteiger partial charge in [0.05, 0.1) is 23.3 Å². The average Bonchev–Trinajstić information content (AvgIpc) is 3.48. The molecule has 2 amide bonds. The highest BCUT2D eigenvalue weighted by Gasteiger charge is 2.41. The van der Waals surface area contributed by atoms with Crippen molar-refractivity contribution < 1.29 is 48.3 Å². The van der Waals surface area contributed by atoms with Crippen molar-refractivity contribution in [3.8, 4) is 23.0 Å². The summed E-state index contributed by atoms with van der Waals surface area (Å²) in [7, 11) is 1.42. The number of nitrogens with zero attached hydrogens (tertiary/aromatic N) is 1. The van der Waals surface area contributed by atoms with Crippen LogP contribution in [-0.2, 0) is 20.9 Å². The van der Waals surface area contributed by atoms with Crippen molar-refractivity contribution >= 4 is 46.5 Å². The average molecular weight is 723 g/mol. The van der Waals surface area contributed by atoms with Crippen LogP contribution in [0, 0.1) is 3.57 Å². The van der Waals surface area contributed by atoms with Crippen molar-refractivity contribution in [3.05, 3.63) is 56.7 Å². The molecule has 0 bridgehead atoms. The molecular formula is C31H35IN2O10. The molecule has 44 heavy (non-hydrogen) atoms. The smallest absolute Gasteiger partial charge is 0.247 e. The number of Topliss-reactive ketones (excluding diaryl/α,β-unsaturated/α-hetero) is 1. The minimum atomic E-state index is -1.29. The maximum Gasteiger partial charge on any atom is 0.247 e. The number of ether oxygens (including phenoxy) is 4. The number of halogens is 1. The molecule has 0 aromatic heterocycles. The molecule has 0 spiro atoms. The van der Waals surface area contributed by atoms with E-state index in [1.807, 2.05) is 22.6 Å². The third-order valence-corrected chi connectivity index (χ3v) is 8.09. The summed E-state index contributed by atoms with van der Waals surface area (Å²) in [6, 6.07) is 7.48. The number of methoxy groups -OCH3 is 1. The fraction of sp³-hybridized carbons (Fsp3) is 0.419. The Morgan fingerprint density at radius 3 is 2.64 bits per heavy atom. The number of rotatable bonds is 14. The van der Waals surface area contributed by atoms with Crippen molar-refractivity contribution in [2.75, 3.05) is 27.1 Å². The van der Waals surface area contributed by atoms with Gasteiger partial charge in [-0.2, -0.15) is 0 Å². The van der Waals surface area contributed by atoms with Gasteiger partial charge in [-0.05, 0) is 71.8 Å². The fourth-order valence-corrected chi connectivity index (χ4v) is 5.85. The molecule has 3 atom stereocenters. The Morgan fingerprint density at radius 2 is 1.93 bits per heavy atom. The van der Waals surface area contributed by atoms with E-state index >= 15 is 0 Å².